The molecule has 0 amide bonds. The van der Waals surface area contributed by atoms with Crippen LogP contribution in [0.1, 0.15) is 18.2 Å². The Hall–Kier alpha value is -4.11. The van der Waals surface area contributed by atoms with Crippen LogP contribution < -0.4 is 0 Å². The predicted molar refractivity (Wildman–Crippen MR) is 101 cm³/mol. The largest absolute Gasteiger partial charge is 0.433 e. The number of nitrogens with zero attached hydrogens (tertiary/aromatic N) is 6. The Balaban J connectivity index is 0.000000858. The molecule has 0 bridgehead atoms. The Bertz CT molecular complexity index is 1180. The monoisotopic (exact) mass is 428 g/mol. The molecule has 0 radical (unpaired) electrons. The van der Waals surface area contributed by atoms with Crippen LogP contribution in [0.3, 0.4) is 0 Å². The molecule has 0 aliphatic rings. The molecule has 0 saturated carbocycles. The summed E-state index contributed by atoms with van der Waals surface area (Å²) in [7, 11) is 0. The number of halogens is 3. The van der Waals surface area contributed by atoms with Crippen molar-refractivity contribution in [3.63, 3.8) is 0 Å². The molecule has 0 N–H and O–H groups in total. The molecule has 1 aromatic carbocycles. The number of benzene rings is 1. The first-order chi connectivity index (χ1) is 14.9. The number of rotatable bonds is 4. The van der Waals surface area contributed by atoms with Crippen LogP contribution in [-0.4, -0.2) is 35.9 Å². The summed E-state index contributed by atoms with van der Waals surface area (Å²) < 4.78 is 42.8. The normalized spacial score (nSPS) is 10.8. The number of alkyl halides is 3. The minimum Gasteiger partial charge on any atom is -0.265 e. The highest BCUT2D eigenvalue weighted by Crippen LogP contribution is 2.34. The lowest BCUT2D eigenvalue weighted by Gasteiger charge is -2.12. The molecule has 31 heavy (non-hydrogen) atoms. The van der Waals surface area contributed by atoms with Gasteiger partial charge in [0.2, 0.25) is 0 Å². The van der Waals surface area contributed by atoms with Crippen molar-refractivity contribution in [1.82, 2.24) is 29.8 Å². The van der Waals surface area contributed by atoms with E-state index >= 15 is 0 Å². The van der Waals surface area contributed by atoms with E-state index in [1.807, 2.05) is 0 Å². The maximum Gasteiger partial charge on any atom is 0.433 e. The maximum absolute atomic E-state index is 13.4. The first-order valence-corrected chi connectivity index (χ1v) is 8.96. The van der Waals surface area contributed by atoms with Crippen molar-refractivity contribution in [2.75, 3.05) is 0 Å². The van der Waals surface area contributed by atoms with Crippen molar-refractivity contribution in [2.24, 2.45) is 0 Å². The number of hydrogen-bond acceptors (Lipinski definition) is 6. The van der Waals surface area contributed by atoms with Gasteiger partial charge < -0.3 is 0 Å². The quantitative estimate of drug-likeness (QED) is 0.494. The molecule has 158 valence electrons. The summed E-state index contributed by atoms with van der Waals surface area (Å²) in [6, 6.07) is 10.2. The minimum absolute atomic E-state index is 0.164. The van der Waals surface area contributed by atoms with Gasteiger partial charge in [0.05, 0.1) is 23.8 Å². The Kier molecular flexibility index (Phi) is 6.37. The van der Waals surface area contributed by atoms with Gasteiger partial charge in [-0.2, -0.15) is 27.9 Å². The van der Waals surface area contributed by atoms with E-state index in [1.165, 1.54) is 6.20 Å². The number of aryl methyl sites for hydroxylation is 1. The highest BCUT2D eigenvalue weighted by atomic mass is 19.4. The van der Waals surface area contributed by atoms with E-state index in [1.54, 1.807) is 66.6 Å². The lowest BCUT2D eigenvalue weighted by atomic mass is 10.1. The summed E-state index contributed by atoms with van der Waals surface area (Å²) in [6.07, 6.45) is 2.33. The third-order valence-corrected chi connectivity index (χ3v) is 4.32. The van der Waals surface area contributed by atoms with Gasteiger partial charge in [-0.15, -0.1) is 5.10 Å². The molecule has 3 heterocycles. The van der Waals surface area contributed by atoms with Gasteiger partial charge in [-0.3, -0.25) is 4.98 Å². The van der Waals surface area contributed by atoms with Gasteiger partial charge in [-0.05, 0) is 30.7 Å². The highest BCUT2D eigenvalue weighted by Gasteiger charge is 2.38. The zero-order valence-electron chi connectivity index (χ0n) is 16.1. The van der Waals surface area contributed by atoms with Crippen LogP contribution in [-0.2, 0) is 22.2 Å². The standard InChI is InChI=1S/C19H15F3N6.CO2/c1-2-13-11-24-28(18(13)19(20,21)22)16-5-3-14(4-6-16)17-12-27(26-25-17)15-7-9-23-10-8-15;2-1-3/h3-12H,2H2,1H3;. The van der Waals surface area contributed by atoms with E-state index < -0.39 is 11.9 Å². The summed E-state index contributed by atoms with van der Waals surface area (Å²) in [5.41, 5.74) is 1.90. The average Bonchev–Trinajstić information content (AvgIpc) is 3.42. The number of pyridine rings is 1. The van der Waals surface area contributed by atoms with Crippen LogP contribution in [0.2, 0.25) is 0 Å². The second kappa shape index (κ2) is 9.14. The van der Waals surface area contributed by atoms with Gasteiger partial charge >= 0.3 is 12.3 Å². The molecule has 0 unspecified atom stereocenters. The van der Waals surface area contributed by atoms with Gasteiger partial charge in [0.15, 0.2) is 5.69 Å². The molecule has 4 rings (SSSR count). The number of aromatic nitrogens is 6. The van der Waals surface area contributed by atoms with Crippen LogP contribution in [0.25, 0.3) is 22.6 Å². The minimum atomic E-state index is -4.48. The SMILES string of the molecule is CCc1cnn(-c2ccc(-c3cn(-c4ccncc4)nn3)cc2)c1C(F)(F)F.O=C=O. The molecule has 4 aromatic rings. The summed E-state index contributed by atoms with van der Waals surface area (Å²) in [6.45, 7) is 1.67. The van der Waals surface area contributed by atoms with Gasteiger partial charge in [-0.1, -0.05) is 24.3 Å². The Morgan fingerprint density at radius 2 is 1.65 bits per heavy atom. The van der Waals surface area contributed by atoms with Crippen LogP contribution in [0.15, 0.2) is 61.2 Å². The molecular weight excluding hydrogens is 413 g/mol. The maximum atomic E-state index is 13.4. The van der Waals surface area contributed by atoms with E-state index in [-0.39, 0.29) is 18.1 Å². The molecule has 0 fully saturated rings. The first-order valence-electron chi connectivity index (χ1n) is 8.96. The zero-order valence-corrected chi connectivity index (χ0v) is 16.1. The van der Waals surface area contributed by atoms with Gasteiger partial charge in [0.25, 0.3) is 0 Å². The van der Waals surface area contributed by atoms with Crippen molar-refractivity contribution in [3.8, 4) is 22.6 Å². The fourth-order valence-corrected chi connectivity index (χ4v) is 2.93. The second-order valence-corrected chi connectivity index (χ2v) is 6.17. The summed E-state index contributed by atoms with van der Waals surface area (Å²) in [5.74, 6) is 0. The first kappa shape index (κ1) is 21.6. The van der Waals surface area contributed by atoms with Crippen LogP contribution in [0.4, 0.5) is 13.2 Å². The van der Waals surface area contributed by atoms with Gasteiger partial charge in [0, 0.05) is 23.5 Å². The topological polar surface area (TPSA) is 95.6 Å². The van der Waals surface area contributed by atoms with Crippen LogP contribution in [0.5, 0.6) is 0 Å². The second-order valence-electron chi connectivity index (χ2n) is 6.17. The molecule has 0 aliphatic carbocycles. The van der Waals surface area contributed by atoms with E-state index in [4.69, 9.17) is 9.59 Å². The third kappa shape index (κ3) is 4.73. The molecule has 0 aliphatic heterocycles. The van der Waals surface area contributed by atoms with Crippen molar-refractivity contribution in [3.05, 3.63) is 72.4 Å². The van der Waals surface area contributed by atoms with Crippen molar-refractivity contribution in [1.29, 1.82) is 0 Å². The zero-order chi connectivity index (χ0) is 22.4. The molecule has 8 nitrogen and oxygen atoms in total. The van der Waals surface area contributed by atoms with E-state index in [9.17, 15) is 13.2 Å². The molecule has 11 heteroatoms. The summed E-state index contributed by atoms with van der Waals surface area (Å²) >= 11 is 0. The van der Waals surface area contributed by atoms with E-state index in [0.717, 1.165) is 15.9 Å². The summed E-state index contributed by atoms with van der Waals surface area (Å²) in [5, 5.41) is 12.1. The molecule has 0 spiro atoms. The van der Waals surface area contributed by atoms with Crippen molar-refractivity contribution >= 4 is 6.15 Å². The Morgan fingerprint density at radius 3 is 2.23 bits per heavy atom. The molecule has 3 aromatic heterocycles. The Labute approximate surface area is 174 Å². The molecular formula is C20H15F3N6O2. The number of hydrogen-bond donors (Lipinski definition) is 0. The fourth-order valence-electron chi connectivity index (χ4n) is 2.93. The third-order valence-electron chi connectivity index (χ3n) is 4.32. The van der Waals surface area contributed by atoms with Gasteiger partial charge in [-0.25, -0.2) is 9.36 Å². The average molecular weight is 428 g/mol. The van der Waals surface area contributed by atoms with E-state index in [2.05, 4.69) is 20.4 Å². The lowest BCUT2D eigenvalue weighted by Crippen LogP contribution is -2.15. The Morgan fingerprint density at radius 1 is 1.00 bits per heavy atom. The smallest absolute Gasteiger partial charge is 0.265 e. The fraction of sp³-hybridized carbons (Fsp3) is 0.150. The number of carbonyl (C=O) groups excluding carboxylic acids is 2. The highest BCUT2D eigenvalue weighted by molar-refractivity contribution is 5.60. The molecule has 0 atom stereocenters. The van der Waals surface area contributed by atoms with E-state index in [0.29, 0.717) is 11.4 Å². The predicted octanol–water partition coefficient (Wildman–Crippen LogP) is 3.51. The van der Waals surface area contributed by atoms with Crippen LogP contribution in [0, 0.1) is 0 Å². The van der Waals surface area contributed by atoms with Crippen LogP contribution >= 0.6 is 0 Å². The van der Waals surface area contributed by atoms with Crippen molar-refractivity contribution < 1.29 is 22.8 Å². The van der Waals surface area contributed by atoms with Crippen molar-refractivity contribution in [2.45, 2.75) is 19.5 Å². The lowest BCUT2D eigenvalue weighted by molar-refractivity contribution is -0.191. The molecule has 0 saturated heterocycles. The summed E-state index contributed by atoms with van der Waals surface area (Å²) in [4.78, 5) is 20.2. The van der Waals surface area contributed by atoms with Gasteiger partial charge in [0.1, 0.15) is 5.69 Å².